The molecular weight excluding hydrogens is 366 g/mol. The standard InChI is InChI=1S/C21H16F2N2O3/c1-27-18-11-10-15(13-6-2-3-7-14(13)18)20(26)28-12-19-24-16-8-4-5-9-17(16)25(19)21(22)23/h2-11,21H,12H2,1H3. The van der Waals surface area contributed by atoms with Crippen LogP contribution in [0.5, 0.6) is 5.75 Å². The second-order valence-corrected chi connectivity index (χ2v) is 6.10. The highest BCUT2D eigenvalue weighted by Crippen LogP contribution is 2.29. The number of hydrogen-bond donors (Lipinski definition) is 0. The Balaban J connectivity index is 1.65. The van der Waals surface area contributed by atoms with Crippen LogP contribution in [0.2, 0.25) is 0 Å². The summed E-state index contributed by atoms with van der Waals surface area (Å²) in [6.07, 6.45) is 0. The van der Waals surface area contributed by atoms with Crippen molar-refractivity contribution in [3.8, 4) is 5.75 Å². The molecule has 0 saturated heterocycles. The Morgan fingerprint density at radius 1 is 1.04 bits per heavy atom. The number of esters is 1. The molecule has 4 aromatic rings. The molecule has 0 aliphatic carbocycles. The number of fused-ring (bicyclic) bond motifs is 2. The van der Waals surface area contributed by atoms with Crippen molar-refractivity contribution < 1.29 is 23.0 Å². The van der Waals surface area contributed by atoms with Gasteiger partial charge in [-0.2, -0.15) is 8.78 Å². The lowest BCUT2D eigenvalue weighted by atomic mass is 10.0. The van der Waals surface area contributed by atoms with E-state index in [4.69, 9.17) is 9.47 Å². The first-order valence-electron chi connectivity index (χ1n) is 8.57. The number of carbonyl (C=O) groups excluding carboxylic acids is 1. The van der Waals surface area contributed by atoms with Crippen molar-refractivity contribution in [1.82, 2.24) is 9.55 Å². The van der Waals surface area contributed by atoms with Crippen LogP contribution in [0.3, 0.4) is 0 Å². The molecule has 0 aliphatic rings. The molecule has 0 N–H and O–H groups in total. The molecule has 1 heterocycles. The van der Waals surface area contributed by atoms with Gasteiger partial charge < -0.3 is 9.47 Å². The normalized spacial score (nSPS) is 11.3. The van der Waals surface area contributed by atoms with Gasteiger partial charge >= 0.3 is 12.5 Å². The smallest absolute Gasteiger partial charge is 0.339 e. The van der Waals surface area contributed by atoms with Crippen LogP contribution in [0, 0.1) is 0 Å². The van der Waals surface area contributed by atoms with E-state index >= 15 is 0 Å². The molecule has 3 aromatic carbocycles. The number of carbonyl (C=O) groups is 1. The number of ether oxygens (including phenoxy) is 2. The SMILES string of the molecule is COc1ccc(C(=O)OCc2nc3ccccc3n2C(F)F)c2ccccc12. The Morgan fingerprint density at radius 3 is 2.50 bits per heavy atom. The van der Waals surface area contributed by atoms with Gasteiger partial charge in [0, 0.05) is 5.39 Å². The summed E-state index contributed by atoms with van der Waals surface area (Å²) in [6.45, 7) is -3.15. The van der Waals surface area contributed by atoms with Crippen LogP contribution >= 0.6 is 0 Å². The summed E-state index contributed by atoms with van der Waals surface area (Å²) >= 11 is 0. The molecule has 4 rings (SSSR count). The zero-order chi connectivity index (χ0) is 19.7. The molecule has 0 bridgehead atoms. The highest BCUT2D eigenvalue weighted by atomic mass is 19.3. The summed E-state index contributed by atoms with van der Waals surface area (Å²) in [5.41, 5.74) is 1.04. The lowest BCUT2D eigenvalue weighted by Gasteiger charge is -2.11. The summed E-state index contributed by atoms with van der Waals surface area (Å²) in [4.78, 5) is 16.8. The Morgan fingerprint density at radius 2 is 1.75 bits per heavy atom. The number of benzene rings is 3. The number of alkyl halides is 2. The third-order valence-corrected chi connectivity index (χ3v) is 4.52. The second-order valence-electron chi connectivity index (χ2n) is 6.10. The molecule has 0 spiro atoms. The summed E-state index contributed by atoms with van der Waals surface area (Å²) in [5.74, 6) is 0.000681. The maximum atomic E-state index is 13.5. The van der Waals surface area contributed by atoms with Gasteiger partial charge in [0.2, 0.25) is 0 Å². The molecule has 142 valence electrons. The molecule has 28 heavy (non-hydrogen) atoms. The number of methoxy groups -OCH3 is 1. The van der Waals surface area contributed by atoms with Gasteiger partial charge in [0.05, 0.1) is 23.7 Å². The van der Waals surface area contributed by atoms with E-state index in [0.717, 1.165) is 9.95 Å². The first-order chi connectivity index (χ1) is 13.6. The number of halogens is 2. The number of para-hydroxylation sites is 2. The van der Waals surface area contributed by atoms with Crippen LogP contribution in [0.25, 0.3) is 21.8 Å². The van der Waals surface area contributed by atoms with Gasteiger partial charge in [0.1, 0.15) is 12.4 Å². The van der Waals surface area contributed by atoms with Crippen LogP contribution in [0.4, 0.5) is 8.78 Å². The van der Waals surface area contributed by atoms with Crippen molar-refractivity contribution in [2.75, 3.05) is 7.11 Å². The Hall–Kier alpha value is -3.48. The number of hydrogen-bond acceptors (Lipinski definition) is 4. The van der Waals surface area contributed by atoms with Gasteiger partial charge in [-0.3, -0.25) is 4.57 Å². The monoisotopic (exact) mass is 382 g/mol. The molecule has 0 unspecified atom stereocenters. The van der Waals surface area contributed by atoms with Gasteiger partial charge in [-0.05, 0) is 29.7 Å². The maximum Gasteiger partial charge on any atom is 0.339 e. The van der Waals surface area contributed by atoms with Crippen molar-refractivity contribution in [1.29, 1.82) is 0 Å². The van der Waals surface area contributed by atoms with E-state index in [1.807, 2.05) is 12.1 Å². The van der Waals surface area contributed by atoms with E-state index in [2.05, 4.69) is 4.98 Å². The Kier molecular flexibility index (Phi) is 4.65. The first-order valence-corrected chi connectivity index (χ1v) is 8.57. The largest absolute Gasteiger partial charge is 0.496 e. The molecule has 0 saturated carbocycles. The van der Waals surface area contributed by atoms with Gasteiger partial charge in [-0.15, -0.1) is 0 Å². The highest BCUT2D eigenvalue weighted by molar-refractivity contribution is 6.06. The van der Waals surface area contributed by atoms with Crippen LogP contribution in [0.1, 0.15) is 22.7 Å². The van der Waals surface area contributed by atoms with Crippen LogP contribution < -0.4 is 4.74 Å². The third kappa shape index (κ3) is 3.05. The molecule has 0 atom stereocenters. The summed E-state index contributed by atoms with van der Waals surface area (Å²) in [5, 5.41) is 1.42. The fourth-order valence-electron chi connectivity index (χ4n) is 3.25. The minimum atomic E-state index is -2.79. The number of nitrogens with zero attached hydrogens (tertiary/aromatic N) is 2. The number of imidazole rings is 1. The zero-order valence-electron chi connectivity index (χ0n) is 14.9. The minimum Gasteiger partial charge on any atom is -0.496 e. The van der Waals surface area contributed by atoms with E-state index in [9.17, 15) is 13.6 Å². The van der Waals surface area contributed by atoms with Crippen molar-refractivity contribution >= 4 is 27.8 Å². The Labute approximate surface area is 159 Å². The van der Waals surface area contributed by atoms with E-state index in [0.29, 0.717) is 27.7 Å². The summed E-state index contributed by atoms with van der Waals surface area (Å²) in [6, 6.07) is 17.1. The topological polar surface area (TPSA) is 53.4 Å². The average molecular weight is 382 g/mol. The molecule has 1 aromatic heterocycles. The van der Waals surface area contributed by atoms with Crippen LogP contribution in [-0.4, -0.2) is 22.6 Å². The van der Waals surface area contributed by atoms with Crippen LogP contribution in [0.15, 0.2) is 60.7 Å². The van der Waals surface area contributed by atoms with Crippen molar-refractivity contribution in [2.45, 2.75) is 13.2 Å². The molecule has 0 radical (unpaired) electrons. The summed E-state index contributed by atoms with van der Waals surface area (Å²) < 4.78 is 38.4. The molecule has 7 heteroatoms. The highest BCUT2D eigenvalue weighted by Gasteiger charge is 2.20. The summed E-state index contributed by atoms with van der Waals surface area (Å²) in [7, 11) is 1.55. The fraction of sp³-hybridized carbons (Fsp3) is 0.143. The van der Waals surface area contributed by atoms with E-state index in [1.165, 1.54) is 0 Å². The lowest BCUT2D eigenvalue weighted by Crippen LogP contribution is -2.11. The van der Waals surface area contributed by atoms with Crippen LogP contribution in [-0.2, 0) is 11.3 Å². The van der Waals surface area contributed by atoms with Gasteiger partial charge in [-0.1, -0.05) is 36.4 Å². The van der Waals surface area contributed by atoms with E-state index in [-0.39, 0.29) is 12.4 Å². The van der Waals surface area contributed by atoms with Crippen molar-refractivity contribution in [2.24, 2.45) is 0 Å². The maximum absolute atomic E-state index is 13.5. The number of aromatic nitrogens is 2. The molecule has 0 fully saturated rings. The molecule has 0 aliphatic heterocycles. The molecule has 0 amide bonds. The van der Waals surface area contributed by atoms with E-state index in [1.54, 1.807) is 55.6 Å². The first kappa shape index (κ1) is 17.9. The molecular formula is C21H16F2N2O3. The predicted octanol–water partition coefficient (Wildman–Crippen LogP) is 4.95. The number of rotatable bonds is 5. The van der Waals surface area contributed by atoms with Gasteiger partial charge in [-0.25, -0.2) is 9.78 Å². The predicted molar refractivity (Wildman–Crippen MR) is 101 cm³/mol. The van der Waals surface area contributed by atoms with Gasteiger partial charge in [0.25, 0.3) is 0 Å². The fourth-order valence-corrected chi connectivity index (χ4v) is 3.25. The van der Waals surface area contributed by atoms with Crippen molar-refractivity contribution in [3.63, 3.8) is 0 Å². The van der Waals surface area contributed by atoms with Gasteiger partial charge in [0.15, 0.2) is 5.82 Å². The van der Waals surface area contributed by atoms with Crippen molar-refractivity contribution in [3.05, 3.63) is 72.1 Å². The minimum absolute atomic E-state index is 0.0117. The Bertz CT molecular complexity index is 1170. The zero-order valence-corrected chi connectivity index (χ0v) is 14.9. The quantitative estimate of drug-likeness (QED) is 0.458. The second kappa shape index (κ2) is 7.26. The average Bonchev–Trinajstić information content (AvgIpc) is 3.09. The lowest BCUT2D eigenvalue weighted by molar-refractivity contribution is 0.0389. The van der Waals surface area contributed by atoms with E-state index < -0.39 is 12.5 Å². The molecule has 5 nitrogen and oxygen atoms in total. The third-order valence-electron chi connectivity index (χ3n) is 4.52.